The highest BCUT2D eigenvalue weighted by Gasteiger charge is 2.32. The minimum absolute atomic E-state index is 0.0640. The molecular weight excluding hydrogens is 394 g/mol. The number of hydrogen-bond acceptors (Lipinski definition) is 4. The maximum absolute atomic E-state index is 14.7. The van der Waals surface area contributed by atoms with E-state index in [1.807, 2.05) is 0 Å². The van der Waals surface area contributed by atoms with Gasteiger partial charge in [0.05, 0.1) is 29.1 Å². The van der Waals surface area contributed by atoms with E-state index in [2.05, 4.69) is 10.3 Å². The lowest BCUT2D eigenvalue weighted by Gasteiger charge is -2.37. The van der Waals surface area contributed by atoms with Crippen LogP contribution in [0.2, 0.25) is 5.02 Å². The van der Waals surface area contributed by atoms with Crippen molar-refractivity contribution in [1.82, 2.24) is 20.1 Å². The van der Waals surface area contributed by atoms with Gasteiger partial charge in [0.15, 0.2) is 5.82 Å². The molecule has 7 nitrogen and oxygen atoms in total. The van der Waals surface area contributed by atoms with Crippen LogP contribution < -0.4 is 5.32 Å². The Morgan fingerprint density at radius 3 is 2.54 bits per heavy atom. The van der Waals surface area contributed by atoms with E-state index in [9.17, 15) is 18.4 Å². The summed E-state index contributed by atoms with van der Waals surface area (Å²) in [7, 11) is 0. The number of carbonyl (C=O) groups excluding carboxylic acids is 2. The fraction of sp³-hybridized carbons (Fsp3) is 0.444. The number of ether oxygens (including phenoxy) is 1. The van der Waals surface area contributed by atoms with Crippen molar-refractivity contribution in [2.75, 3.05) is 45.9 Å². The van der Waals surface area contributed by atoms with Gasteiger partial charge in [-0.3, -0.25) is 9.59 Å². The molecule has 0 saturated carbocycles. The van der Waals surface area contributed by atoms with Gasteiger partial charge in [0.2, 0.25) is 5.91 Å². The number of piperazine rings is 1. The van der Waals surface area contributed by atoms with Crippen molar-refractivity contribution in [1.29, 1.82) is 0 Å². The lowest BCUT2D eigenvalue weighted by atomic mass is 10.2. The molecule has 2 aromatic rings. The molecule has 150 valence electrons. The fourth-order valence-electron chi connectivity index (χ4n) is 3.56. The third kappa shape index (κ3) is 3.34. The van der Waals surface area contributed by atoms with E-state index in [0.29, 0.717) is 32.8 Å². The van der Waals surface area contributed by atoms with Crippen LogP contribution in [0, 0.1) is 11.6 Å². The van der Waals surface area contributed by atoms with Crippen LogP contribution in [-0.4, -0.2) is 78.6 Å². The van der Waals surface area contributed by atoms with E-state index in [4.69, 9.17) is 16.3 Å². The first kappa shape index (κ1) is 19.1. The Labute approximate surface area is 164 Å². The summed E-state index contributed by atoms with van der Waals surface area (Å²) in [5, 5.41) is 2.62. The summed E-state index contributed by atoms with van der Waals surface area (Å²) in [4.78, 5) is 31.1. The highest BCUT2D eigenvalue weighted by Crippen LogP contribution is 2.31. The molecular formula is C18H19ClF2N4O3. The molecule has 3 heterocycles. The Kier molecular flexibility index (Phi) is 5.22. The molecule has 0 aliphatic carbocycles. The maximum atomic E-state index is 14.7. The molecule has 2 saturated heterocycles. The van der Waals surface area contributed by atoms with Crippen LogP contribution in [0.25, 0.3) is 10.9 Å². The maximum Gasteiger partial charge on any atom is 0.273 e. The Morgan fingerprint density at radius 1 is 1.14 bits per heavy atom. The zero-order chi connectivity index (χ0) is 19.8. The Hall–Kier alpha value is -2.23. The second-order valence-corrected chi connectivity index (χ2v) is 7.17. The number of hydrogen-bond donors (Lipinski definition) is 2. The summed E-state index contributed by atoms with van der Waals surface area (Å²) in [6.45, 7) is 2.77. The molecule has 10 heteroatoms. The first-order valence-electron chi connectivity index (χ1n) is 9.01. The number of fused-ring (bicyclic) bond motifs is 1. The number of morpholine rings is 1. The predicted molar refractivity (Wildman–Crippen MR) is 98.3 cm³/mol. The van der Waals surface area contributed by atoms with Crippen molar-refractivity contribution in [3.8, 4) is 0 Å². The summed E-state index contributed by atoms with van der Waals surface area (Å²) in [5.74, 6) is -2.23. The van der Waals surface area contributed by atoms with Crippen molar-refractivity contribution >= 4 is 34.3 Å². The molecule has 1 atom stereocenters. The zero-order valence-corrected chi connectivity index (χ0v) is 15.7. The number of benzene rings is 1. The van der Waals surface area contributed by atoms with E-state index < -0.39 is 17.5 Å². The molecule has 2 N–H and O–H groups in total. The number of carbonyl (C=O) groups is 2. The van der Waals surface area contributed by atoms with Crippen molar-refractivity contribution < 1.29 is 23.1 Å². The number of aromatic amines is 1. The average Bonchev–Trinajstić information content (AvgIpc) is 3.07. The van der Waals surface area contributed by atoms with Gasteiger partial charge in [-0.15, -0.1) is 0 Å². The molecule has 0 bridgehead atoms. The molecule has 2 aliphatic heterocycles. The highest BCUT2D eigenvalue weighted by atomic mass is 35.5. The van der Waals surface area contributed by atoms with Gasteiger partial charge in [-0.2, -0.15) is 0 Å². The van der Waals surface area contributed by atoms with E-state index in [1.54, 1.807) is 4.90 Å². The van der Waals surface area contributed by atoms with Gasteiger partial charge in [-0.25, -0.2) is 8.78 Å². The summed E-state index contributed by atoms with van der Waals surface area (Å²) in [6.07, 6.45) is 0. The largest absolute Gasteiger partial charge is 0.378 e. The van der Waals surface area contributed by atoms with Gasteiger partial charge in [-0.05, 0) is 12.1 Å². The van der Waals surface area contributed by atoms with Gasteiger partial charge >= 0.3 is 0 Å². The Bertz CT molecular complexity index is 921. The number of rotatable bonds is 2. The number of H-pyrrole nitrogens is 1. The Morgan fingerprint density at radius 2 is 1.86 bits per heavy atom. The number of aromatic nitrogens is 1. The van der Waals surface area contributed by atoms with Crippen LogP contribution in [-0.2, 0) is 9.53 Å². The molecule has 0 unspecified atom stereocenters. The first-order chi connectivity index (χ1) is 13.5. The van der Waals surface area contributed by atoms with Crippen molar-refractivity contribution in [3.05, 3.63) is 34.5 Å². The average molecular weight is 413 g/mol. The molecule has 28 heavy (non-hydrogen) atoms. The minimum Gasteiger partial charge on any atom is -0.378 e. The van der Waals surface area contributed by atoms with E-state index in [-0.39, 0.29) is 46.7 Å². The summed E-state index contributed by atoms with van der Waals surface area (Å²) >= 11 is 5.84. The van der Waals surface area contributed by atoms with Gasteiger partial charge < -0.3 is 24.8 Å². The molecule has 1 aromatic heterocycles. The molecule has 2 fully saturated rings. The number of halogens is 3. The fourth-order valence-corrected chi connectivity index (χ4v) is 3.81. The van der Waals surface area contributed by atoms with Gasteiger partial charge in [0.25, 0.3) is 5.91 Å². The Balaban J connectivity index is 1.46. The topological polar surface area (TPSA) is 77.7 Å². The lowest BCUT2D eigenvalue weighted by molar-refractivity contribution is -0.137. The molecule has 2 aliphatic rings. The first-order valence-corrected chi connectivity index (χ1v) is 9.39. The summed E-state index contributed by atoms with van der Waals surface area (Å²) < 4.78 is 33.6. The lowest BCUT2D eigenvalue weighted by Crippen LogP contribution is -2.57. The molecule has 2 amide bonds. The predicted octanol–water partition coefficient (Wildman–Crippen LogP) is 1.37. The van der Waals surface area contributed by atoms with Crippen LogP contribution in [0.3, 0.4) is 0 Å². The molecule has 0 spiro atoms. The van der Waals surface area contributed by atoms with E-state index in [1.165, 1.54) is 11.0 Å². The monoisotopic (exact) mass is 412 g/mol. The smallest absolute Gasteiger partial charge is 0.273 e. The highest BCUT2D eigenvalue weighted by molar-refractivity contribution is 6.35. The van der Waals surface area contributed by atoms with Crippen molar-refractivity contribution in [3.63, 3.8) is 0 Å². The standard InChI is InChI=1S/C18H19ClF2N4O3/c19-14-10(20)1-2-11-13(14)15(21)16(23-11)18(27)25-6-4-24(5-7-25)17(26)12-9-28-8-3-22-12/h1-2,12,22-23H,3-9H2/t12-/m1/s1. The summed E-state index contributed by atoms with van der Waals surface area (Å²) in [5.41, 5.74) is -0.00550. The third-order valence-electron chi connectivity index (χ3n) is 5.11. The number of nitrogens with zero attached hydrogens (tertiary/aromatic N) is 2. The zero-order valence-electron chi connectivity index (χ0n) is 14.9. The number of nitrogens with one attached hydrogen (secondary N) is 2. The van der Waals surface area contributed by atoms with Crippen LogP contribution in [0.4, 0.5) is 8.78 Å². The van der Waals surface area contributed by atoms with Crippen LogP contribution in [0.1, 0.15) is 10.5 Å². The van der Waals surface area contributed by atoms with E-state index in [0.717, 1.165) is 6.07 Å². The van der Waals surface area contributed by atoms with E-state index >= 15 is 0 Å². The number of amides is 2. The van der Waals surface area contributed by atoms with Crippen LogP contribution in [0.5, 0.6) is 0 Å². The van der Waals surface area contributed by atoms with Crippen molar-refractivity contribution in [2.24, 2.45) is 0 Å². The molecule has 1 aromatic carbocycles. The van der Waals surface area contributed by atoms with Gasteiger partial charge in [0.1, 0.15) is 17.6 Å². The van der Waals surface area contributed by atoms with Gasteiger partial charge in [-0.1, -0.05) is 11.6 Å². The third-order valence-corrected chi connectivity index (χ3v) is 5.48. The quantitative estimate of drug-likeness (QED) is 0.781. The van der Waals surface area contributed by atoms with Crippen molar-refractivity contribution in [2.45, 2.75) is 6.04 Å². The van der Waals surface area contributed by atoms with Gasteiger partial charge in [0, 0.05) is 32.7 Å². The SMILES string of the molecule is O=C(c1[nH]c2ccc(F)c(Cl)c2c1F)N1CCN(C(=O)[C@H]2COCCN2)CC1. The minimum atomic E-state index is -0.869. The van der Waals surface area contributed by atoms with Crippen LogP contribution >= 0.6 is 11.6 Å². The van der Waals surface area contributed by atoms with Crippen LogP contribution in [0.15, 0.2) is 12.1 Å². The molecule has 0 radical (unpaired) electrons. The summed E-state index contributed by atoms with van der Waals surface area (Å²) in [6, 6.07) is 2.08. The second kappa shape index (κ2) is 7.65. The normalized spacial score (nSPS) is 20.6. The second-order valence-electron chi connectivity index (χ2n) is 6.80. The molecule has 4 rings (SSSR count).